The van der Waals surface area contributed by atoms with Crippen molar-refractivity contribution in [1.82, 2.24) is 25.9 Å². The van der Waals surface area contributed by atoms with Gasteiger partial charge in [0, 0.05) is 47.0 Å². The first-order valence-electron chi connectivity index (χ1n) is 15.5. The number of carboxylic acids is 1. The molecule has 0 aliphatic carbocycles. The molecule has 0 saturated carbocycles. The number of nitrogens with two attached hydrogens (primary N) is 2. The van der Waals surface area contributed by atoms with Gasteiger partial charge in [-0.3, -0.25) is 19.2 Å². The number of hydrogen-bond acceptors (Lipinski definition) is 7. The monoisotopic (exact) mass is 667 g/mol. The number of carbonyl (C=O) groups excluding carboxylic acids is 4. The Morgan fingerprint density at radius 1 is 0.653 bits per heavy atom. The molecule has 5 rings (SSSR count). The van der Waals surface area contributed by atoms with Crippen LogP contribution < -0.4 is 27.4 Å². The lowest BCUT2D eigenvalue weighted by Crippen LogP contribution is -2.58. The highest BCUT2D eigenvalue weighted by atomic mass is 16.4. The number of carboxylic acid groups (broad SMARTS) is 1. The van der Waals surface area contributed by atoms with Gasteiger partial charge >= 0.3 is 5.97 Å². The average Bonchev–Trinajstić information content (AvgIpc) is 3.68. The van der Waals surface area contributed by atoms with Crippen molar-refractivity contribution in [2.45, 2.75) is 49.9 Å². The molecular weight excluding hydrogens is 630 g/mol. The Kier molecular flexibility index (Phi) is 10.6. The molecule has 0 aliphatic heterocycles. The van der Waals surface area contributed by atoms with E-state index in [4.69, 9.17) is 11.5 Å². The normalized spacial score (nSPS) is 13.7. The van der Waals surface area contributed by atoms with Crippen molar-refractivity contribution in [3.63, 3.8) is 0 Å². The minimum Gasteiger partial charge on any atom is -0.508 e. The highest BCUT2D eigenvalue weighted by molar-refractivity contribution is 5.97. The number of phenols is 1. The third-order valence-corrected chi connectivity index (χ3v) is 8.21. The number of rotatable bonds is 15. The van der Waals surface area contributed by atoms with Gasteiger partial charge in [-0.2, -0.15) is 0 Å². The maximum Gasteiger partial charge on any atom is 0.326 e. The summed E-state index contributed by atoms with van der Waals surface area (Å²) in [4.78, 5) is 71.0. The van der Waals surface area contributed by atoms with E-state index in [0.29, 0.717) is 11.1 Å². The topological polar surface area (TPSA) is 246 Å². The molecule has 0 radical (unpaired) electrons. The van der Waals surface area contributed by atoms with Crippen molar-refractivity contribution in [1.29, 1.82) is 0 Å². The summed E-state index contributed by atoms with van der Waals surface area (Å²) in [5.74, 6) is -4.63. The fourth-order valence-corrected chi connectivity index (χ4v) is 5.66. The van der Waals surface area contributed by atoms with Crippen LogP contribution in [-0.4, -0.2) is 73.9 Å². The summed E-state index contributed by atoms with van der Waals surface area (Å²) in [7, 11) is 0. The van der Waals surface area contributed by atoms with Crippen molar-refractivity contribution >= 4 is 51.4 Å². The van der Waals surface area contributed by atoms with Crippen LogP contribution in [0.4, 0.5) is 0 Å². The Hall–Kier alpha value is -6.15. The third-order valence-electron chi connectivity index (χ3n) is 8.21. The lowest BCUT2D eigenvalue weighted by Gasteiger charge is -2.25. The predicted octanol–water partition coefficient (Wildman–Crippen LogP) is 1.12. The first-order chi connectivity index (χ1) is 23.5. The summed E-state index contributed by atoms with van der Waals surface area (Å²) in [6, 6.07) is 15.4. The van der Waals surface area contributed by atoms with E-state index in [1.54, 1.807) is 12.4 Å². The number of benzene rings is 3. The molecule has 49 heavy (non-hydrogen) atoms. The number of carbonyl (C=O) groups is 5. The quantitative estimate of drug-likeness (QED) is 0.0781. The number of fused-ring (bicyclic) bond motifs is 2. The zero-order valence-corrected chi connectivity index (χ0v) is 26.3. The summed E-state index contributed by atoms with van der Waals surface area (Å²) >= 11 is 0. The lowest BCUT2D eigenvalue weighted by atomic mass is 10.0. The number of hydrogen-bond donors (Lipinski definition) is 9. The summed E-state index contributed by atoms with van der Waals surface area (Å²) in [6.45, 7) is 0. The van der Waals surface area contributed by atoms with Gasteiger partial charge in [0.05, 0.1) is 12.5 Å². The molecule has 11 N–H and O–H groups in total. The molecule has 2 heterocycles. The van der Waals surface area contributed by atoms with Gasteiger partial charge in [0.1, 0.15) is 23.9 Å². The number of amides is 4. The van der Waals surface area contributed by atoms with Crippen LogP contribution >= 0.6 is 0 Å². The van der Waals surface area contributed by atoms with Gasteiger partial charge in [-0.1, -0.05) is 48.5 Å². The highest BCUT2D eigenvalue weighted by Crippen LogP contribution is 2.21. The molecule has 0 saturated heterocycles. The molecule has 4 atom stereocenters. The lowest BCUT2D eigenvalue weighted by molar-refractivity contribution is -0.142. The fraction of sp³-hybridized carbons (Fsp3) is 0.229. The van der Waals surface area contributed by atoms with E-state index in [0.717, 1.165) is 27.4 Å². The number of phenolic OH excluding ortho intramolecular Hbond substituents is 1. The fourth-order valence-electron chi connectivity index (χ4n) is 5.66. The third kappa shape index (κ3) is 8.61. The summed E-state index contributed by atoms with van der Waals surface area (Å²) < 4.78 is 0. The zero-order valence-electron chi connectivity index (χ0n) is 26.3. The van der Waals surface area contributed by atoms with Crippen LogP contribution in [0, 0.1) is 0 Å². The number of primary amides is 1. The first-order valence-corrected chi connectivity index (χ1v) is 15.5. The molecule has 0 spiro atoms. The molecule has 4 amide bonds. The van der Waals surface area contributed by atoms with Gasteiger partial charge in [-0.15, -0.1) is 0 Å². The minimum absolute atomic E-state index is 0.00214. The zero-order chi connectivity index (χ0) is 35.1. The number of para-hydroxylation sites is 2. The molecule has 3 aromatic carbocycles. The minimum atomic E-state index is -1.48. The summed E-state index contributed by atoms with van der Waals surface area (Å²) in [5.41, 5.74) is 15.3. The van der Waals surface area contributed by atoms with Crippen LogP contribution in [0.2, 0.25) is 0 Å². The van der Waals surface area contributed by atoms with Crippen molar-refractivity contribution in [3.8, 4) is 5.75 Å². The maximum atomic E-state index is 13.7. The Morgan fingerprint density at radius 2 is 1.16 bits per heavy atom. The molecule has 4 unspecified atom stereocenters. The number of nitrogens with one attached hydrogen (secondary N) is 5. The SMILES string of the molecule is NC(=O)CC(NC(=O)C(N)Cc1c[nH]c2ccccc12)C(=O)NC(Cc1c[nH]c2ccccc12)C(=O)NC(Cc1ccc(O)cc1)C(=O)O. The molecule has 254 valence electrons. The Balaban J connectivity index is 1.34. The van der Waals surface area contributed by atoms with Gasteiger partial charge in [-0.05, 0) is 47.4 Å². The van der Waals surface area contributed by atoms with Gasteiger partial charge in [0.2, 0.25) is 23.6 Å². The Bertz CT molecular complexity index is 1990. The predicted molar refractivity (Wildman–Crippen MR) is 181 cm³/mol. The van der Waals surface area contributed by atoms with E-state index in [1.165, 1.54) is 24.3 Å². The van der Waals surface area contributed by atoms with Crippen LogP contribution in [0.5, 0.6) is 5.75 Å². The van der Waals surface area contributed by atoms with Gasteiger partial charge in [0.25, 0.3) is 0 Å². The Morgan fingerprint density at radius 3 is 1.73 bits per heavy atom. The van der Waals surface area contributed by atoms with Gasteiger partial charge in [-0.25, -0.2) is 4.79 Å². The van der Waals surface area contributed by atoms with E-state index in [2.05, 4.69) is 25.9 Å². The van der Waals surface area contributed by atoms with Crippen molar-refractivity contribution in [2.75, 3.05) is 0 Å². The Labute approximate surface area is 280 Å². The van der Waals surface area contributed by atoms with E-state index < -0.39 is 60.2 Å². The average molecular weight is 668 g/mol. The van der Waals surface area contributed by atoms with Gasteiger partial charge in [0.15, 0.2) is 0 Å². The van der Waals surface area contributed by atoms with Crippen LogP contribution in [0.3, 0.4) is 0 Å². The molecule has 0 aliphatic rings. The molecule has 0 bridgehead atoms. The molecule has 14 heteroatoms. The standard InChI is InChI=1S/C35H37N7O7/c36-25(14-20-17-38-26-7-3-1-5-23(20)26)32(45)40-29(16-31(37)44)34(47)41-28(15-21-18-39-27-8-4-2-6-24(21)27)33(46)42-30(35(48)49)13-19-9-11-22(43)12-10-19/h1-12,17-18,25,28-30,38-39,43H,13-16,36H2,(H2,37,44)(H,40,45)(H,41,47)(H,42,46)(H,48,49). The van der Waals surface area contributed by atoms with E-state index in [1.807, 2.05) is 48.5 Å². The second kappa shape index (κ2) is 15.2. The number of aromatic amines is 2. The van der Waals surface area contributed by atoms with Crippen molar-refractivity contribution < 1.29 is 34.2 Å². The largest absolute Gasteiger partial charge is 0.508 e. The van der Waals surface area contributed by atoms with E-state index >= 15 is 0 Å². The molecule has 14 nitrogen and oxygen atoms in total. The molecular formula is C35H37N7O7. The first kappa shape index (κ1) is 34.2. The van der Waals surface area contributed by atoms with Gasteiger partial charge < -0.3 is 47.6 Å². The molecule has 5 aromatic rings. The van der Waals surface area contributed by atoms with E-state index in [9.17, 15) is 34.2 Å². The highest BCUT2D eigenvalue weighted by Gasteiger charge is 2.32. The van der Waals surface area contributed by atoms with Crippen molar-refractivity contribution in [2.24, 2.45) is 11.5 Å². The van der Waals surface area contributed by atoms with Crippen molar-refractivity contribution in [3.05, 3.63) is 102 Å². The smallest absolute Gasteiger partial charge is 0.326 e. The molecule has 0 fully saturated rings. The van der Waals surface area contributed by atoms with Crippen LogP contribution in [0.25, 0.3) is 21.8 Å². The number of aromatic nitrogens is 2. The number of aliphatic carboxylic acids is 1. The number of H-pyrrole nitrogens is 2. The second-order valence-electron chi connectivity index (χ2n) is 11.8. The van der Waals surface area contributed by atoms with Crippen LogP contribution in [0.15, 0.2) is 85.2 Å². The number of aromatic hydroxyl groups is 1. The molecule has 2 aromatic heterocycles. The van der Waals surface area contributed by atoms with Crippen LogP contribution in [-0.2, 0) is 43.2 Å². The second-order valence-corrected chi connectivity index (χ2v) is 11.8. The summed E-state index contributed by atoms with van der Waals surface area (Å²) in [6.07, 6.45) is 2.79. The van der Waals surface area contributed by atoms with Crippen LogP contribution in [0.1, 0.15) is 23.1 Å². The summed E-state index contributed by atoms with van der Waals surface area (Å²) in [5, 5.41) is 28.8. The van der Waals surface area contributed by atoms with E-state index in [-0.39, 0.29) is 25.0 Å². The maximum absolute atomic E-state index is 13.7.